The van der Waals surface area contributed by atoms with Crippen LogP contribution in [0.2, 0.25) is 0 Å². The first-order valence-corrected chi connectivity index (χ1v) is 8.74. The summed E-state index contributed by atoms with van der Waals surface area (Å²) in [5.41, 5.74) is 4.27. The molecule has 1 aliphatic heterocycles. The zero-order valence-corrected chi connectivity index (χ0v) is 14.3. The second-order valence-electron chi connectivity index (χ2n) is 6.29. The highest BCUT2D eigenvalue weighted by Gasteiger charge is 2.13. The molecule has 0 saturated carbocycles. The Balaban J connectivity index is 1.50. The summed E-state index contributed by atoms with van der Waals surface area (Å²) in [5.74, 6) is -0.0804. The summed E-state index contributed by atoms with van der Waals surface area (Å²) in [6.07, 6.45) is 5.78. The van der Waals surface area contributed by atoms with Crippen molar-refractivity contribution in [3.63, 3.8) is 0 Å². The van der Waals surface area contributed by atoms with Crippen molar-refractivity contribution in [1.29, 1.82) is 0 Å². The average Bonchev–Trinajstić information content (AvgIpc) is 2.90. The number of benzene rings is 1. The molecule has 0 spiro atoms. The lowest BCUT2D eigenvalue weighted by atomic mass is 9.97. The number of nitrogens with zero attached hydrogens (tertiary/aromatic N) is 1. The first-order chi connectivity index (χ1) is 12.2. The van der Waals surface area contributed by atoms with Gasteiger partial charge in [-0.25, -0.2) is 0 Å². The minimum Gasteiger partial charge on any atom is -0.352 e. The quantitative estimate of drug-likeness (QED) is 0.792. The smallest absolute Gasteiger partial charge is 0.220 e. The Morgan fingerprint density at radius 3 is 2.56 bits per heavy atom. The predicted octanol–water partition coefficient (Wildman–Crippen LogP) is 2.05. The largest absolute Gasteiger partial charge is 0.352 e. The summed E-state index contributed by atoms with van der Waals surface area (Å²) in [7, 11) is 0. The fraction of sp³-hybridized carbons (Fsp3) is 0.350. The van der Waals surface area contributed by atoms with Gasteiger partial charge in [-0.2, -0.15) is 0 Å². The van der Waals surface area contributed by atoms with Crippen LogP contribution in [0, 0.1) is 0 Å². The number of pyridine rings is 1. The Morgan fingerprint density at radius 1 is 1.00 bits per heavy atom. The predicted molar refractivity (Wildman–Crippen MR) is 96.4 cm³/mol. The molecule has 0 saturated heterocycles. The van der Waals surface area contributed by atoms with Crippen LogP contribution in [0.1, 0.15) is 39.9 Å². The molecule has 0 unspecified atom stereocenters. The van der Waals surface area contributed by atoms with E-state index in [2.05, 4.69) is 21.7 Å². The highest BCUT2D eigenvalue weighted by atomic mass is 16.2. The molecule has 0 aliphatic carbocycles. The van der Waals surface area contributed by atoms with Gasteiger partial charge in [-0.05, 0) is 60.8 Å². The zero-order valence-electron chi connectivity index (χ0n) is 14.3. The Bertz CT molecular complexity index is 744. The Hall–Kier alpha value is -2.53. The molecule has 0 fully saturated rings. The molecule has 0 bridgehead atoms. The maximum Gasteiger partial charge on any atom is 0.220 e. The summed E-state index contributed by atoms with van der Waals surface area (Å²) in [6, 6.07) is 9.66. The van der Waals surface area contributed by atoms with E-state index in [0.29, 0.717) is 12.1 Å². The molecule has 2 heterocycles. The molecule has 2 N–H and O–H groups in total. The van der Waals surface area contributed by atoms with Gasteiger partial charge in [0, 0.05) is 37.3 Å². The van der Waals surface area contributed by atoms with E-state index >= 15 is 0 Å². The van der Waals surface area contributed by atoms with E-state index in [9.17, 15) is 9.59 Å². The van der Waals surface area contributed by atoms with Crippen LogP contribution in [0.15, 0.2) is 42.7 Å². The standard InChI is InChI=1S/C20H23N3O2/c24-19(3-4-20(25)23-14-15-5-9-21-10-6-15)18-2-1-16-7-11-22-12-8-17(16)13-18/h1-2,5-6,9-10,13,22H,3-4,7-8,11-12,14H2,(H,23,25). The van der Waals surface area contributed by atoms with Gasteiger partial charge in [0.15, 0.2) is 5.78 Å². The number of carbonyl (C=O) groups excluding carboxylic acids is 2. The number of fused-ring (bicyclic) bond motifs is 1. The van der Waals surface area contributed by atoms with Crippen molar-refractivity contribution in [2.24, 2.45) is 0 Å². The van der Waals surface area contributed by atoms with Crippen molar-refractivity contribution in [2.45, 2.75) is 32.2 Å². The molecule has 2 aromatic rings. The number of aromatic nitrogens is 1. The molecular formula is C20H23N3O2. The molecule has 25 heavy (non-hydrogen) atoms. The maximum atomic E-state index is 12.4. The van der Waals surface area contributed by atoms with Crippen LogP contribution < -0.4 is 10.6 Å². The highest BCUT2D eigenvalue weighted by Crippen LogP contribution is 2.17. The van der Waals surface area contributed by atoms with E-state index in [1.54, 1.807) is 12.4 Å². The van der Waals surface area contributed by atoms with Crippen molar-refractivity contribution in [3.05, 3.63) is 65.0 Å². The Labute approximate surface area is 147 Å². The first kappa shape index (κ1) is 17.3. The average molecular weight is 337 g/mol. The van der Waals surface area contributed by atoms with Crippen LogP contribution in [0.4, 0.5) is 0 Å². The van der Waals surface area contributed by atoms with Crippen molar-refractivity contribution >= 4 is 11.7 Å². The summed E-state index contributed by atoms with van der Waals surface area (Å²) in [5, 5.41) is 6.21. The molecule has 0 atom stereocenters. The van der Waals surface area contributed by atoms with Gasteiger partial charge in [0.1, 0.15) is 0 Å². The third-order valence-electron chi connectivity index (χ3n) is 4.49. The summed E-state index contributed by atoms with van der Waals surface area (Å²) >= 11 is 0. The molecule has 1 aliphatic rings. The van der Waals surface area contributed by atoms with E-state index in [1.165, 1.54) is 11.1 Å². The minimum absolute atomic E-state index is 0.0269. The van der Waals surface area contributed by atoms with Gasteiger partial charge in [0.25, 0.3) is 0 Å². The van der Waals surface area contributed by atoms with Crippen LogP contribution in [0.5, 0.6) is 0 Å². The number of nitrogens with one attached hydrogen (secondary N) is 2. The Kier molecular flexibility index (Phi) is 5.90. The SMILES string of the molecule is O=C(CCC(=O)c1ccc2c(c1)CCNCC2)NCc1ccncc1. The summed E-state index contributed by atoms with van der Waals surface area (Å²) in [6.45, 7) is 2.39. The lowest BCUT2D eigenvalue weighted by molar-refractivity contribution is -0.121. The summed E-state index contributed by atoms with van der Waals surface area (Å²) in [4.78, 5) is 28.3. The van der Waals surface area contributed by atoms with Crippen LogP contribution in [0.25, 0.3) is 0 Å². The van der Waals surface area contributed by atoms with Gasteiger partial charge in [-0.15, -0.1) is 0 Å². The van der Waals surface area contributed by atoms with Gasteiger partial charge < -0.3 is 10.6 Å². The monoisotopic (exact) mass is 337 g/mol. The van der Waals surface area contributed by atoms with Gasteiger partial charge >= 0.3 is 0 Å². The molecule has 1 aromatic heterocycles. The number of rotatable bonds is 6. The molecule has 1 aromatic carbocycles. The van der Waals surface area contributed by atoms with E-state index in [-0.39, 0.29) is 24.5 Å². The number of ketones is 1. The maximum absolute atomic E-state index is 12.4. The molecular weight excluding hydrogens is 314 g/mol. The fourth-order valence-corrected chi connectivity index (χ4v) is 3.01. The Morgan fingerprint density at radius 2 is 1.76 bits per heavy atom. The molecule has 1 amide bonds. The second kappa shape index (κ2) is 8.53. The topological polar surface area (TPSA) is 71.1 Å². The highest BCUT2D eigenvalue weighted by molar-refractivity contribution is 5.98. The number of hydrogen-bond donors (Lipinski definition) is 2. The van der Waals surface area contributed by atoms with Crippen molar-refractivity contribution in [1.82, 2.24) is 15.6 Å². The van der Waals surface area contributed by atoms with Gasteiger partial charge in [-0.3, -0.25) is 14.6 Å². The van der Waals surface area contributed by atoms with Crippen LogP contribution in [0.3, 0.4) is 0 Å². The normalized spacial score (nSPS) is 13.6. The molecule has 5 nitrogen and oxygen atoms in total. The third kappa shape index (κ3) is 4.97. The van der Waals surface area contributed by atoms with Crippen LogP contribution >= 0.6 is 0 Å². The number of hydrogen-bond acceptors (Lipinski definition) is 4. The number of Topliss-reactive ketones (excluding diaryl/α,β-unsaturated/α-hetero) is 1. The first-order valence-electron chi connectivity index (χ1n) is 8.74. The fourth-order valence-electron chi connectivity index (χ4n) is 3.01. The second-order valence-corrected chi connectivity index (χ2v) is 6.29. The van der Waals surface area contributed by atoms with Crippen LogP contribution in [-0.4, -0.2) is 29.8 Å². The van der Waals surface area contributed by atoms with E-state index in [1.807, 2.05) is 24.3 Å². The van der Waals surface area contributed by atoms with E-state index in [0.717, 1.165) is 31.5 Å². The van der Waals surface area contributed by atoms with E-state index < -0.39 is 0 Å². The molecule has 5 heteroatoms. The van der Waals surface area contributed by atoms with Gasteiger partial charge in [0.2, 0.25) is 5.91 Å². The lowest BCUT2D eigenvalue weighted by Gasteiger charge is -2.08. The van der Waals surface area contributed by atoms with Gasteiger partial charge in [0.05, 0.1) is 0 Å². The van der Waals surface area contributed by atoms with Crippen molar-refractivity contribution < 1.29 is 9.59 Å². The van der Waals surface area contributed by atoms with Crippen molar-refractivity contribution in [2.75, 3.05) is 13.1 Å². The minimum atomic E-state index is -0.107. The van der Waals surface area contributed by atoms with Crippen molar-refractivity contribution in [3.8, 4) is 0 Å². The number of carbonyl (C=O) groups is 2. The zero-order chi connectivity index (χ0) is 17.5. The van der Waals surface area contributed by atoms with Gasteiger partial charge in [-0.1, -0.05) is 12.1 Å². The van der Waals surface area contributed by atoms with E-state index in [4.69, 9.17) is 0 Å². The molecule has 130 valence electrons. The molecule has 3 rings (SSSR count). The van der Waals surface area contributed by atoms with Crippen LogP contribution in [-0.2, 0) is 24.2 Å². The number of amides is 1. The third-order valence-corrected chi connectivity index (χ3v) is 4.49. The lowest BCUT2D eigenvalue weighted by Crippen LogP contribution is -2.23. The molecule has 0 radical (unpaired) electrons. The summed E-state index contributed by atoms with van der Waals surface area (Å²) < 4.78 is 0.